The van der Waals surface area contributed by atoms with E-state index in [1.807, 2.05) is 0 Å². The smallest absolute Gasteiger partial charge is 0.286 e. The summed E-state index contributed by atoms with van der Waals surface area (Å²) < 4.78 is 5.79. The van der Waals surface area contributed by atoms with E-state index in [1.165, 1.54) is 28.8 Å². The summed E-state index contributed by atoms with van der Waals surface area (Å²) in [5, 5.41) is 20.4. The highest BCUT2D eigenvalue weighted by molar-refractivity contribution is 8.18. The highest BCUT2D eigenvalue weighted by Gasteiger charge is 2.29. The number of hydrogen-bond acceptors (Lipinski definition) is 7. The van der Waals surface area contributed by atoms with Crippen LogP contribution in [0.2, 0.25) is 0 Å². The van der Waals surface area contributed by atoms with Crippen LogP contribution in [0.1, 0.15) is 12.2 Å². The van der Waals surface area contributed by atoms with Crippen LogP contribution in [-0.4, -0.2) is 53.6 Å². The number of aliphatic imine (C=N–C) groups is 1. The third kappa shape index (κ3) is 4.84. The van der Waals surface area contributed by atoms with Gasteiger partial charge in [0.05, 0.1) is 55.0 Å². The zero-order chi connectivity index (χ0) is 21.8. The minimum atomic E-state index is -0.452. The number of hydrogen-bond donors (Lipinski definition) is 1. The Morgan fingerprint density at radius 1 is 1.32 bits per heavy atom. The van der Waals surface area contributed by atoms with Gasteiger partial charge in [0.2, 0.25) is 0 Å². The second kappa shape index (κ2) is 9.16. The minimum Gasteiger partial charge on any atom is -0.457 e. The van der Waals surface area contributed by atoms with E-state index in [0.29, 0.717) is 33.6 Å². The summed E-state index contributed by atoms with van der Waals surface area (Å²) in [5.41, 5.74) is 0.584. The number of nitriles is 1. The number of amidine groups is 1. The molecule has 158 valence electrons. The molecule has 0 atom stereocenters. The van der Waals surface area contributed by atoms with Gasteiger partial charge in [0, 0.05) is 23.8 Å². The lowest BCUT2D eigenvalue weighted by Crippen LogP contribution is -3.14. The van der Waals surface area contributed by atoms with Crippen molar-refractivity contribution in [1.82, 2.24) is 4.90 Å². The van der Waals surface area contributed by atoms with Crippen LogP contribution in [0.5, 0.6) is 0 Å². The molecular formula is C21H20N5O4S+. The predicted molar refractivity (Wildman–Crippen MR) is 116 cm³/mol. The number of nitrogens with one attached hydrogen (secondary N) is 1. The van der Waals surface area contributed by atoms with Crippen LogP contribution < -0.4 is 4.90 Å². The highest BCUT2D eigenvalue weighted by atomic mass is 32.2. The standard InChI is InChI=1S/C21H19N5O4S/c22-7-2-8-24-9-11-25(12-10-24)21-23-20(27)19(31-21)14-17-5-6-18(30-17)15-3-1-4-16(13-15)26(28)29/h1,3-6,13-14H,2,8-12H2/p+1/b19-14-. The minimum absolute atomic E-state index is 0.0112. The number of carbonyl (C=O) groups excluding carboxylic acids is 1. The fourth-order valence-corrected chi connectivity index (χ4v) is 4.46. The predicted octanol–water partition coefficient (Wildman–Crippen LogP) is 1.94. The van der Waals surface area contributed by atoms with Crippen molar-refractivity contribution >= 4 is 34.6 Å². The van der Waals surface area contributed by atoms with Crippen molar-refractivity contribution in [2.75, 3.05) is 32.7 Å². The van der Waals surface area contributed by atoms with Crippen LogP contribution in [0, 0.1) is 21.4 Å². The summed E-state index contributed by atoms with van der Waals surface area (Å²) >= 11 is 1.33. The highest BCUT2D eigenvalue weighted by Crippen LogP contribution is 2.32. The van der Waals surface area contributed by atoms with E-state index in [1.54, 1.807) is 30.3 Å². The van der Waals surface area contributed by atoms with Gasteiger partial charge in [0.25, 0.3) is 11.6 Å². The number of benzene rings is 1. The van der Waals surface area contributed by atoms with Crippen LogP contribution in [0.25, 0.3) is 17.4 Å². The molecule has 10 heteroatoms. The molecule has 3 heterocycles. The second-order valence-corrected chi connectivity index (χ2v) is 8.22. The number of amides is 1. The molecule has 0 unspecified atom stereocenters. The fraction of sp³-hybridized carbons (Fsp3) is 0.286. The average Bonchev–Trinajstić information content (AvgIpc) is 3.40. The summed E-state index contributed by atoms with van der Waals surface area (Å²) in [6.45, 7) is 4.27. The van der Waals surface area contributed by atoms with Gasteiger partial charge in [-0.25, -0.2) is 0 Å². The average molecular weight is 438 g/mol. The number of carbonyl (C=O) groups is 1. The summed E-state index contributed by atoms with van der Waals surface area (Å²) in [6.07, 6.45) is 2.20. The molecule has 1 N–H and O–H groups in total. The van der Waals surface area contributed by atoms with Crippen LogP contribution in [0.4, 0.5) is 5.69 Å². The molecule has 0 spiro atoms. The SMILES string of the molecule is N#CCC[NH+]1CCN(C2=NC(=O)/C(=C/c3ccc(-c4cccc([N+](=O)[O-])c4)o3)S2)CC1. The van der Waals surface area contributed by atoms with Crippen LogP contribution in [0.15, 0.2) is 50.7 Å². The summed E-state index contributed by atoms with van der Waals surface area (Å²) in [5.74, 6) is 0.677. The largest absolute Gasteiger partial charge is 0.457 e. The lowest BCUT2D eigenvalue weighted by molar-refractivity contribution is -0.903. The maximum absolute atomic E-state index is 12.4. The van der Waals surface area contributed by atoms with E-state index in [-0.39, 0.29) is 11.6 Å². The van der Waals surface area contributed by atoms with E-state index < -0.39 is 4.92 Å². The third-order valence-corrected chi connectivity index (χ3v) is 6.23. The Balaban J connectivity index is 1.41. The number of furan rings is 1. The maximum atomic E-state index is 12.4. The van der Waals surface area contributed by atoms with E-state index in [4.69, 9.17) is 9.68 Å². The van der Waals surface area contributed by atoms with Crippen molar-refractivity contribution in [1.29, 1.82) is 5.26 Å². The molecule has 2 aliphatic heterocycles. The van der Waals surface area contributed by atoms with Gasteiger partial charge in [-0.2, -0.15) is 10.3 Å². The molecule has 9 nitrogen and oxygen atoms in total. The Labute approximate surface area is 182 Å². The molecule has 1 aromatic carbocycles. The monoisotopic (exact) mass is 438 g/mol. The lowest BCUT2D eigenvalue weighted by Gasteiger charge is -2.32. The Hall–Kier alpha value is -3.42. The van der Waals surface area contributed by atoms with Crippen molar-refractivity contribution in [3.63, 3.8) is 0 Å². The van der Waals surface area contributed by atoms with Gasteiger partial charge in [-0.1, -0.05) is 12.1 Å². The molecule has 0 radical (unpaired) electrons. The Morgan fingerprint density at radius 3 is 2.87 bits per heavy atom. The third-order valence-electron chi connectivity index (χ3n) is 5.18. The van der Waals surface area contributed by atoms with Crippen LogP contribution in [0.3, 0.4) is 0 Å². The van der Waals surface area contributed by atoms with Gasteiger partial charge in [0.1, 0.15) is 11.5 Å². The van der Waals surface area contributed by atoms with Crippen molar-refractivity contribution in [2.45, 2.75) is 6.42 Å². The number of piperazine rings is 1. The first-order valence-electron chi connectivity index (χ1n) is 9.86. The van der Waals surface area contributed by atoms with Crippen molar-refractivity contribution in [3.8, 4) is 17.4 Å². The molecule has 31 heavy (non-hydrogen) atoms. The van der Waals surface area contributed by atoms with E-state index in [2.05, 4.69) is 16.0 Å². The van der Waals surface area contributed by atoms with Crippen LogP contribution in [-0.2, 0) is 4.79 Å². The van der Waals surface area contributed by atoms with Crippen molar-refractivity contribution < 1.29 is 19.0 Å². The van der Waals surface area contributed by atoms with Gasteiger partial charge in [-0.3, -0.25) is 14.9 Å². The Morgan fingerprint density at radius 2 is 2.13 bits per heavy atom. The Kier molecular flexibility index (Phi) is 6.16. The lowest BCUT2D eigenvalue weighted by atomic mass is 10.1. The molecule has 0 bridgehead atoms. The van der Waals surface area contributed by atoms with E-state index in [9.17, 15) is 14.9 Å². The first kappa shape index (κ1) is 20.8. The van der Waals surface area contributed by atoms with Crippen LogP contribution >= 0.6 is 11.8 Å². The maximum Gasteiger partial charge on any atom is 0.286 e. The van der Waals surface area contributed by atoms with Gasteiger partial charge < -0.3 is 14.2 Å². The molecule has 0 saturated carbocycles. The quantitative estimate of drug-likeness (QED) is 0.431. The van der Waals surface area contributed by atoms with Gasteiger partial charge in [-0.15, -0.1) is 0 Å². The van der Waals surface area contributed by atoms with Gasteiger partial charge in [-0.05, 0) is 23.9 Å². The molecule has 1 saturated heterocycles. The molecule has 2 aliphatic rings. The number of rotatable bonds is 5. The number of nitrogens with zero attached hydrogens (tertiary/aromatic N) is 4. The molecule has 1 amide bonds. The topological polar surface area (TPSA) is 117 Å². The number of nitro groups is 1. The van der Waals surface area contributed by atoms with Gasteiger partial charge >= 0.3 is 0 Å². The number of quaternary nitrogens is 1. The number of non-ortho nitro benzene ring substituents is 1. The molecule has 0 aliphatic carbocycles. The van der Waals surface area contributed by atoms with Gasteiger partial charge in [0.15, 0.2) is 5.17 Å². The zero-order valence-corrected chi connectivity index (χ0v) is 17.4. The number of thioether (sulfide) groups is 1. The molecular weight excluding hydrogens is 418 g/mol. The first-order valence-corrected chi connectivity index (χ1v) is 10.7. The summed E-state index contributed by atoms with van der Waals surface area (Å²) in [4.78, 5) is 31.1. The molecule has 2 aromatic rings. The molecule has 1 fully saturated rings. The molecule has 4 rings (SSSR count). The van der Waals surface area contributed by atoms with E-state index in [0.717, 1.165) is 32.7 Å². The summed E-state index contributed by atoms with van der Waals surface area (Å²) in [7, 11) is 0. The normalized spacial score (nSPS) is 18.3. The zero-order valence-electron chi connectivity index (χ0n) is 16.6. The Bertz CT molecular complexity index is 1110. The summed E-state index contributed by atoms with van der Waals surface area (Å²) in [6, 6.07) is 11.8. The van der Waals surface area contributed by atoms with Crippen molar-refractivity contribution in [3.05, 3.63) is 57.2 Å². The first-order chi connectivity index (χ1) is 15.0. The number of nitro benzene ring substituents is 1. The molecule has 1 aromatic heterocycles. The fourth-order valence-electron chi connectivity index (χ4n) is 3.52. The van der Waals surface area contributed by atoms with Crippen molar-refractivity contribution in [2.24, 2.45) is 4.99 Å². The second-order valence-electron chi connectivity index (χ2n) is 7.21. The van der Waals surface area contributed by atoms with E-state index >= 15 is 0 Å².